The van der Waals surface area contributed by atoms with E-state index in [1.54, 1.807) is 0 Å². The maximum atomic E-state index is 4.27. The Morgan fingerprint density at radius 3 is 1.89 bits per heavy atom. The van der Waals surface area contributed by atoms with Gasteiger partial charge in [0.05, 0.1) is 3.53 Å². The summed E-state index contributed by atoms with van der Waals surface area (Å²) >= 11 is 12.8. The first-order valence-electron chi connectivity index (χ1n) is 3.07. The molecule has 0 aromatic carbocycles. The first kappa shape index (κ1) is 13.4. The van der Waals surface area contributed by atoms with Crippen molar-refractivity contribution < 1.29 is 0 Å². The molecule has 4 heteroatoms. The third-order valence-corrected chi connectivity index (χ3v) is 1.41. The minimum atomic E-state index is 0.389. The summed E-state index contributed by atoms with van der Waals surface area (Å²) in [6.45, 7) is 2.23. The van der Waals surface area contributed by atoms with Crippen LogP contribution in [0, 0.1) is 0 Å². The molecule has 0 bridgehead atoms. The van der Waals surface area contributed by atoms with E-state index in [-0.39, 0.29) is 0 Å². The summed E-state index contributed by atoms with van der Waals surface area (Å²) in [5.74, 6) is 0. The molecule has 0 amide bonds. The van der Waals surface area contributed by atoms with E-state index in [1.165, 1.54) is 44.4 Å². The van der Waals surface area contributed by atoms with Gasteiger partial charge in [-0.3, -0.25) is 0 Å². The third-order valence-electron chi connectivity index (χ3n) is 0.707. The fourth-order valence-electron chi connectivity index (χ4n) is 0.354. The summed E-state index contributed by atoms with van der Waals surface area (Å²) in [7, 11) is 0. The van der Waals surface area contributed by atoms with E-state index in [9.17, 15) is 0 Å². The van der Waals surface area contributed by atoms with Gasteiger partial charge >= 0.3 is 51.4 Å². The molecule has 0 atom stereocenters. The summed E-state index contributed by atoms with van der Waals surface area (Å²) in [5, 5.41) is 0. The van der Waals surface area contributed by atoms with E-state index < -0.39 is 0 Å². The predicted octanol–water partition coefficient (Wildman–Crippen LogP) is 2.50. The molecule has 0 fully saturated rings. The monoisotopic (exact) mass is 190 g/mol. The Morgan fingerprint density at radius 2 is 1.89 bits per heavy atom. The molecule has 0 saturated heterocycles. The third kappa shape index (κ3) is 41.4. The number of hydrogen-bond donors (Lipinski definition) is 2. The van der Waals surface area contributed by atoms with Crippen molar-refractivity contribution in [1.29, 1.82) is 0 Å². The smallest absolute Gasteiger partial charge is 0.0976 e. The van der Waals surface area contributed by atoms with E-state index in [2.05, 4.69) is 44.4 Å². The molecule has 0 rings (SSSR count). The number of unbranched alkanes of at least 4 members (excludes halogenated alkanes) is 1. The number of hydrogen-bond acceptors (Lipinski definition) is 1. The number of thiol groups is 2. The van der Waals surface area contributed by atoms with E-state index >= 15 is 0 Å². The Labute approximate surface area is 91.4 Å². The zero-order valence-corrected chi connectivity index (χ0v) is 10.5. The SMILES string of the molecule is CCC[CH2][Na].S=C(S)S. The topological polar surface area (TPSA) is 0 Å². The van der Waals surface area contributed by atoms with Crippen LogP contribution >= 0.6 is 37.5 Å². The normalized spacial score (nSPS) is 7.67. The molecule has 0 aliphatic carbocycles. The second-order valence-corrected chi connectivity index (χ2v) is 4.90. The van der Waals surface area contributed by atoms with Crippen LogP contribution in [0.15, 0.2) is 0 Å². The van der Waals surface area contributed by atoms with Crippen LogP contribution in [-0.4, -0.2) is 31.5 Å². The van der Waals surface area contributed by atoms with Crippen LogP contribution in [0.25, 0.3) is 0 Å². The molecule has 0 aliphatic heterocycles. The van der Waals surface area contributed by atoms with E-state index in [0.29, 0.717) is 3.53 Å². The van der Waals surface area contributed by atoms with Crippen molar-refractivity contribution in [3.05, 3.63) is 0 Å². The summed E-state index contributed by atoms with van der Waals surface area (Å²) in [5.41, 5.74) is 0. The Hall–Kier alpha value is 1.79. The predicted molar refractivity (Wildman–Crippen MR) is 56.0 cm³/mol. The van der Waals surface area contributed by atoms with Crippen LogP contribution in [0.1, 0.15) is 19.8 Å². The van der Waals surface area contributed by atoms with Crippen molar-refractivity contribution in [3.8, 4) is 0 Å². The summed E-state index contributed by atoms with van der Waals surface area (Å²) in [6, 6.07) is 0. The molecule has 0 unspecified atom stereocenters. The van der Waals surface area contributed by atoms with Gasteiger partial charge in [-0.2, -0.15) is 0 Å². The van der Waals surface area contributed by atoms with E-state index in [1.807, 2.05) is 0 Å². The van der Waals surface area contributed by atoms with Gasteiger partial charge in [0.1, 0.15) is 0 Å². The van der Waals surface area contributed by atoms with Gasteiger partial charge in [0.15, 0.2) is 0 Å². The second-order valence-electron chi connectivity index (χ2n) is 1.64. The van der Waals surface area contributed by atoms with E-state index in [4.69, 9.17) is 0 Å². The maximum absolute atomic E-state index is 4.27. The van der Waals surface area contributed by atoms with Crippen molar-refractivity contribution in [1.82, 2.24) is 0 Å². The number of thiocarbonyl (C=S) groups is 1. The van der Waals surface area contributed by atoms with Crippen molar-refractivity contribution in [2.75, 3.05) is 0 Å². The van der Waals surface area contributed by atoms with Gasteiger partial charge < -0.3 is 0 Å². The Bertz CT molecular complexity index is 59.2. The van der Waals surface area contributed by atoms with Gasteiger partial charge in [-0.25, -0.2) is 0 Å². The quantitative estimate of drug-likeness (QED) is 0.383. The molecule has 0 spiro atoms. The van der Waals surface area contributed by atoms with Crippen LogP contribution in [0.2, 0.25) is 3.67 Å². The van der Waals surface area contributed by atoms with Gasteiger partial charge in [0, 0.05) is 0 Å². The standard InChI is InChI=1S/C4H9.CH2S3.Na/c1-3-4-2;2-1(3)4;/h1,3-4H2,2H3;(H2,2,3,4);. The minimum Gasteiger partial charge on any atom is -0.125 e. The molecule has 0 saturated carbocycles. The molecule has 0 nitrogen and oxygen atoms in total. The second kappa shape index (κ2) is 12.5. The zero-order chi connectivity index (χ0) is 7.70. The van der Waals surface area contributed by atoms with Gasteiger partial charge in [0.25, 0.3) is 0 Å². The number of rotatable bonds is 2. The van der Waals surface area contributed by atoms with Crippen molar-refractivity contribution in [3.63, 3.8) is 0 Å². The minimum absolute atomic E-state index is 0.389. The first-order chi connectivity index (χ1) is 4.15. The van der Waals surface area contributed by atoms with Gasteiger partial charge in [-0.15, -0.1) is 25.3 Å². The molecular formula is C5H11NaS3. The Kier molecular flexibility index (Phi) is 18.5. The van der Waals surface area contributed by atoms with E-state index in [0.717, 1.165) is 0 Å². The van der Waals surface area contributed by atoms with Crippen LogP contribution in [0.5, 0.6) is 0 Å². The fraction of sp³-hybridized carbons (Fsp3) is 0.800. The Morgan fingerprint density at radius 1 is 1.56 bits per heavy atom. The molecule has 50 valence electrons. The zero-order valence-electron chi connectivity index (χ0n) is 5.92. The molecule has 0 N–H and O–H groups in total. The summed E-state index contributed by atoms with van der Waals surface area (Å²) < 4.78 is 1.87. The maximum Gasteiger partial charge on any atom is 0.0976 e. The molecular weight excluding hydrogens is 179 g/mol. The van der Waals surface area contributed by atoms with Crippen molar-refractivity contribution in [2.45, 2.75) is 23.4 Å². The van der Waals surface area contributed by atoms with Crippen molar-refractivity contribution in [2.24, 2.45) is 0 Å². The molecule has 0 aromatic heterocycles. The van der Waals surface area contributed by atoms with Gasteiger partial charge in [0.2, 0.25) is 0 Å². The van der Waals surface area contributed by atoms with Crippen LogP contribution in [0.3, 0.4) is 0 Å². The van der Waals surface area contributed by atoms with Crippen molar-refractivity contribution >= 4 is 68.9 Å². The largest absolute Gasteiger partial charge is 0.125 e. The molecule has 0 radical (unpaired) electrons. The molecule has 0 heterocycles. The Balaban J connectivity index is 0. The molecule has 9 heavy (non-hydrogen) atoms. The van der Waals surface area contributed by atoms with Crippen LogP contribution in [-0.2, 0) is 0 Å². The average molecular weight is 190 g/mol. The average Bonchev–Trinajstić information content (AvgIpc) is 1.66. The fourth-order valence-corrected chi connectivity index (χ4v) is 1.06. The van der Waals surface area contributed by atoms with Crippen LogP contribution in [0.4, 0.5) is 0 Å². The molecule has 0 aliphatic rings. The van der Waals surface area contributed by atoms with Crippen LogP contribution < -0.4 is 0 Å². The molecule has 0 aromatic rings. The summed E-state index contributed by atoms with van der Waals surface area (Å²) in [4.78, 5) is 0. The van der Waals surface area contributed by atoms with Gasteiger partial charge in [-0.05, 0) is 0 Å². The van der Waals surface area contributed by atoms with Gasteiger partial charge in [-0.1, -0.05) is 12.2 Å². The first-order valence-corrected chi connectivity index (χ1v) is 5.78. The summed E-state index contributed by atoms with van der Waals surface area (Å²) in [6.07, 6.45) is 2.83.